The Bertz CT molecular complexity index is 3630. The van der Waals surface area contributed by atoms with Gasteiger partial charge in [0, 0.05) is 54.9 Å². The van der Waals surface area contributed by atoms with Crippen molar-refractivity contribution in [1.29, 1.82) is 0 Å². The third kappa shape index (κ3) is 10.7. The second-order valence-electron chi connectivity index (χ2n) is 27.3. The summed E-state index contributed by atoms with van der Waals surface area (Å²) in [5, 5.41) is 13.9. The number of halogens is 1. The Morgan fingerprint density at radius 3 is 1.03 bits per heavy atom. The zero-order valence-corrected chi connectivity index (χ0v) is 49.7. The van der Waals surface area contributed by atoms with Crippen molar-refractivity contribution in [1.82, 2.24) is 19.9 Å². The van der Waals surface area contributed by atoms with Crippen LogP contribution in [0, 0.1) is 10.1 Å². The molecule has 5 heterocycles. The molecule has 0 saturated heterocycles. The normalized spacial score (nSPS) is 13.6. The van der Waals surface area contributed by atoms with E-state index in [4.69, 9.17) is 9.97 Å². The van der Waals surface area contributed by atoms with Crippen LogP contribution in [0.1, 0.15) is 181 Å². The zero-order chi connectivity index (χ0) is 55.4. The number of benzene rings is 4. The Hall–Kier alpha value is -6.64. The van der Waals surface area contributed by atoms with Gasteiger partial charge in [0.05, 0.1) is 22.0 Å². The van der Waals surface area contributed by atoms with Crippen LogP contribution in [0.15, 0.2) is 108 Å². The molecule has 2 aliphatic rings. The highest BCUT2D eigenvalue weighted by Crippen LogP contribution is 2.45. The van der Waals surface area contributed by atoms with Crippen molar-refractivity contribution in [3.8, 4) is 44.5 Å². The first-order chi connectivity index (χ1) is 35.1. The number of nitrogens with one attached hydrogen (secondary N) is 2. The molecule has 392 valence electrons. The van der Waals surface area contributed by atoms with Crippen molar-refractivity contribution in [3.63, 3.8) is 0 Å². The Kier molecular flexibility index (Phi) is 13.4. The third-order valence-electron chi connectivity index (χ3n) is 15.0. The molecule has 8 heteroatoms. The van der Waals surface area contributed by atoms with Gasteiger partial charge in [-0.3, -0.25) is 10.1 Å². The molecule has 9 rings (SSSR count). The average molecular weight is 1080 g/mol. The number of H-pyrrole nitrogens is 2. The van der Waals surface area contributed by atoms with Crippen molar-refractivity contribution in [2.75, 3.05) is 0 Å². The van der Waals surface area contributed by atoms with Crippen molar-refractivity contribution < 1.29 is 4.92 Å². The van der Waals surface area contributed by atoms with Gasteiger partial charge in [0.2, 0.25) is 0 Å². The molecule has 7 nitrogen and oxygen atoms in total. The third-order valence-corrected chi connectivity index (χ3v) is 15.6. The molecule has 2 N–H and O–H groups in total. The molecular weight excluding hydrogens is 999 g/mol. The fraction of sp³-hybridized carbons (Fsp3) is 0.353. The second kappa shape index (κ2) is 18.8. The fourth-order valence-corrected chi connectivity index (χ4v) is 10.4. The van der Waals surface area contributed by atoms with E-state index < -0.39 is 0 Å². The molecule has 3 aromatic heterocycles. The van der Waals surface area contributed by atoms with E-state index in [2.05, 4.69) is 266 Å². The van der Waals surface area contributed by atoms with Gasteiger partial charge >= 0.3 is 0 Å². The summed E-state index contributed by atoms with van der Waals surface area (Å²) in [6, 6.07) is 37.2. The first-order valence-electron chi connectivity index (χ1n) is 26.7. The van der Waals surface area contributed by atoms with E-state index >= 15 is 0 Å². The smallest absolute Gasteiger partial charge is 0.297 e. The van der Waals surface area contributed by atoms with Gasteiger partial charge in [-0.05, 0) is 137 Å². The zero-order valence-electron chi connectivity index (χ0n) is 48.1. The summed E-state index contributed by atoms with van der Waals surface area (Å²) in [6.07, 6.45) is 5.97. The molecule has 0 saturated carbocycles. The number of hydrogen-bond acceptors (Lipinski definition) is 4. The minimum Gasteiger partial charge on any atom is -0.354 e. The van der Waals surface area contributed by atoms with Gasteiger partial charge in [0.1, 0.15) is 0 Å². The number of aromatic nitrogens is 4. The molecule has 0 radical (unpaired) electrons. The van der Waals surface area contributed by atoms with Crippen LogP contribution in [0.4, 0.5) is 0 Å². The standard InChI is InChI=1S/C68H76BrN5O2/c1-63(2,3)43-29-40(30-44(35-43)64(4,5)6)59-52-24-23-50(70-52)58(39-19-21-49(69)22-20-39)51-27-28-55(72-51)61(42-33-47(67(13,14)15)37-48(34-42)68(16,17)18)62-57(74(75)76)38-56(73-62)60(54-26-25-53(59)71-54)41-31-45(65(7,8)9)36-46(32-41)66(10,11)12/h19-38,71-72H,1-18H3. The van der Waals surface area contributed by atoms with E-state index in [1.807, 2.05) is 0 Å². The maximum absolute atomic E-state index is 13.9. The van der Waals surface area contributed by atoms with Gasteiger partial charge in [0.25, 0.3) is 5.70 Å². The van der Waals surface area contributed by atoms with E-state index in [1.165, 1.54) is 11.1 Å². The lowest BCUT2D eigenvalue weighted by Gasteiger charge is -2.26. The lowest BCUT2D eigenvalue weighted by Crippen LogP contribution is -2.16. The maximum atomic E-state index is 13.9. The Labute approximate surface area is 459 Å². The second-order valence-corrected chi connectivity index (χ2v) is 28.2. The highest BCUT2D eigenvalue weighted by atomic mass is 79.9. The number of aromatic amines is 2. The quantitative estimate of drug-likeness (QED) is 0.132. The number of nitro groups is 1. The predicted octanol–water partition coefficient (Wildman–Crippen LogP) is 19.5. The van der Waals surface area contributed by atoms with Gasteiger partial charge in [-0.25, -0.2) is 9.97 Å². The Balaban J connectivity index is 1.57. The van der Waals surface area contributed by atoms with Crippen LogP contribution < -0.4 is 0 Å². The first-order valence-corrected chi connectivity index (χ1v) is 27.5. The molecule has 0 fully saturated rings. The molecule has 76 heavy (non-hydrogen) atoms. The van der Waals surface area contributed by atoms with Crippen molar-refractivity contribution >= 4 is 61.9 Å². The predicted molar refractivity (Wildman–Crippen MR) is 326 cm³/mol. The highest BCUT2D eigenvalue weighted by molar-refractivity contribution is 9.10. The van der Waals surface area contributed by atoms with Gasteiger partial charge in [-0.2, -0.15) is 0 Å². The van der Waals surface area contributed by atoms with Crippen molar-refractivity contribution in [2.24, 2.45) is 0 Å². The van der Waals surface area contributed by atoms with Crippen LogP contribution in [0.3, 0.4) is 0 Å². The first kappa shape index (κ1) is 54.2. The minimum atomic E-state index is -0.262. The molecule has 7 aromatic rings. The van der Waals surface area contributed by atoms with Crippen LogP contribution >= 0.6 is 15.9 Å². The molecular formula is C68H76BrN5O2. The lowest BCUT2D eigenvalue weighted by atomic mass is 9.78. The summed E-state index contributed by atoms with van der Waals surface area (Å²) >= 11 is 3.69. The van der Waals surface area contributed by atoms with Gasteiger partial charge < -0.3 is 9.97 Å². The van der Waals surface area contributed by atoms with E-state index in [9.17, 15) is 10.1 Å². The van der Waals surface area contributed by atoms with Crippen LogP contribution in [0.5, 0.6) is 0 Å². The topological polar surface area (TPSA) is 100 Å². The van der Waals surface area contributed by atoms with E-state index in [0.29, 0.717) is 22.5 Å². The van der Waals surface area contributed by atoms with Gasteiger partial charge in [-0.15, -0.1) is 0 Å². The van der Waals surface area contributed by atoms with Crippen LogP contribution in [-0.4, -0.2) is 24.9 Å². The fourth-order valence-electron chi connectivity index (χ4n) is 10.1. The summed E-state index contributed by atoms with van der Waals surface area (Å²) in [4.78, 5) is 32.7. The summed E-state index contributed by atoms with van der Waals surface area (Å²) in [5.41, 5.74) is 18.4. The molecule has 2 aliphatic heterocycles. The van der Waals surface area contributed by atoms with E-state index in [0.717, 1.165) is 93.6 Å². The van der Waals surface area contributed by atoms with Crippen LogP contribution in [0.2, 0.25) is 0 Å². The van der Waals surface area contributed by atoms with E-state index in [-0.39, 0.29) is 43.1 Å². The minimum absolute atomic E-state index is 0.0729. The van der Waals surface area contributed by atoms with Crippen molar-refractivity contribution in [3.05, 3.63) is 174 Å². The Morgan fingerprint density at radius 1 is 0.395 bits per heavy atom. The van der Waals surface area contributed by atoms with Gasteiger partial charge in [-0.1, -0.05) is 207 Å². The monoisotopic (exact) mass is 1070 g/mol. The molecule has 4 aromatic carbocycles. The number of hydrogen-bond donors (Lipinski definition) is 2. The van der Waals surface area contributed by atoms with E-state index in [1.54, 1.807) is 6.08 Å². The summed E-state index contributed by atoms with van der Waals surface area (Å²) < 4.78 is 0.963. The van der Waals surface area contributed by atoms with Crippen LogP contribution in [0.25, 0.3) is 90.5 Å². The molecule has 0 unspecified atom stereocenters. The average Bonchev–Trinajstić information content (AvgIpc) is 4.15. The van der Waals surface area contributed by atoms with Crippen molar-refractivity contribution in [2.45, 2.75) is 157 Å². The summed E-state index contributed by atoms with van der Waals surface area (Å²) in [6.45, 7) is 40.3. The molecule has 0 amide bonds. The number of rotatable bonds is 5. The van der Waals surface area contributed by atoms with Gasteiger partial charge in [0.15, 0.2) is 5.69 Å². The Morgan fingerprint density at radius 2 is 0.697 bits per heavy atom. The SMILES string of the molecule is CC(C)(C)c1cc(-c2c3nc(c(-c4ccc(Br)cc4)c4ccc([nH]4)c(-c4cc(C(C)(C)C)cc(C(C)(C)C)c4)c4nc(c(-c5cc(C(C)(C)C)cc(C(C)(C)C)c5)c5ccc2[nH]5)C=C4[N+](=O)[O-])C=C3)cc(C(C)(C)C)c1. The summed E-state index contributed by atoms with van der Waals surface area (Å²) in [7, 11) is 0. The number of nitrogens with zero attached hydrogens (tertiary/aromatic N) is 3. The maximum Gasteiger partial charge on any atom is 0.297 e. The molecule has 0 atom stereocenters. The molecule has 0 spiro atoms. The largest absolute Gasteiger partial charge is 0.354 e. The number of fused-ring (bicyclic) bond motifs is 8. The summed E-state index contributed by atoms with van der Waals surface area (Å²) in [5.74, 6) is 0. The molecule has 0 aliphatic carbocycles. The highest BCUT2D eigenvalue weighted by Gasteiger charge is 2.32. The van der Waals surface area contributed by atoms with Crippen LogP contribution in [-0.2, 0) is 32.5 Å². The molecule has 8 bridgehead atoms. The lowest BCUT2D eigenvalue weighted by molar-refractivity contribution is -0.374.